The van der Waals surface area contributed by atoms with Crippen LogP contribution >= 0.6 is 0 Å². The number of rotatable bonds is 13. The monoisotopic (exact) mass is 296 g/mol. The number of nitrogens with zero attached hydrogens (tertiary/aromatic N) is 1. The zero-order valence-corrected chi connectivity index (χ0v) is 13.3. The van der Waals surface area contributed by atoms with Crippen LogP contribution in [0.4, 0.5) is 0 Å². The second-order valence-corrected chi connectivity index (χ2v) is 4.85. The third kappa shape index (κ3) is 9.52. The van der Waals surface area contributed by atoms with Crippen LogP contribution in [0.25, 0.3) is 0 Å². The van der Waals surface area contributed by atoms with Gasteiger partial charge in [-0.25, -0.2) is 0 Å². The van der Waals surface area contributed by atoms with Gasteiger partial charge in [0.15, 0.2) is 0 Å². The molecule has 0 saturated carbocycles. The van der Waals surface area contributed by atoms with Crippen LogP contribution in [0, 0.1) is 0 Å². The van der Waals surface area contributed by atoms with E-state index in [1.807, 2.05) is 12.3 Å². The Kier molecular flexibility index (Phi) is 10.9. The summed E-state index contributed by atoms with van der Waals surface area (Å²) in [5.74, 6) is 0. The van der Waals surface area contributed by atoms with E-state index in [-0.39, 0.29) is 0 Å². The molecule has 0 aliphatic heterocycles. The van der Waals surface area contributed by atoms with Crippen molar-refractivity contribution in [3.05, 3.63) is 29.6 Å². The summed E-state index contributed by atoms with van der Waals surface area (Å²) < 4.78 is 15.9. The molecule has 0 unspecified atom stereocenters. The van der Waals surface area contributed by atoms with Crippen molar-refractivity contribution in [3.63, 3.8) is 0 Å². The van der Waals surface area contributed by atoms with Gasteiger partial charge >= 0.3 is 0 Å². The van der Waals surface area contributed by atoms with Gasteiger partial charge in [-0.15, -0.1) is 0 Å². The fourth-order valence-electron chi connectivity index (χ4n) is 1.76. The highest BCUT2D eigenvalue weighted by atomic mass is 16.5. The summed E-state index contributed by atoms with van der Waals surface area (Å²) in [6.07, 6.45) is 3.97. The Morgan fingerprint density at radius 3 is 2.67 bits per heavy atom. The molecule has 0 spiro atoms. The molecule has 0 atom stereocenters. The summed E-state index contributed by atoms with van der Waals surface area (Å²) in [5.41, 5.74) is 2.15. The number of pyridine rings is 1. The third-order valence-corrected chi connectivity index (χ3v) is 2.90. The van der Waals surface area contributed by atoms with Gasteiger partial charge in [0.1, 0.15) is 0 Å². The van der Waals surface area contributed by atoms with E-state index < -0.39 is 0 Å². The molecular weight excluding hydrogens is 268 g/mol. The Morgan fingerprint density at radius 2 is 1.95 bits per heavy atom. The summed E-state index contributed by atoms with van der Waals surface area (Å²) in [4.78, 5) is 4.39. The van der Waals surface area contributed by atoms with Gasteiger partial charge in [-0.1, -0.05) is 13.0 Å². The smallest absolute Gasteiger partial charge is 0.0889 e. The van der Waals surface area contributed by atoms with Crippen LogP contribution in [0.3, 0.4) is 0 Å². The van der Waals surface area contributed by atoms with Crippen LogP contribution < -0.4 is 5.32 Å². The van der Waals surface area contributed by atoms with Crippen molar-refractivity contribution >= 4 is 0 Å². The number of nitrogens with one attached hydrogen (secondary N) is 1. The molecule has 0 radical (unpaired) electrons. The van der Waals surface area contributed by atoms with E-state index in [2.05, 4.69) is 23.3 Å². The van der Waals surface area contributed by atoms with Gasteiger partial charge < -0.3 is 19.5 Å². The number of aromatic nitrogens is 1. The van der Waals surface area contributed by atoms with Crippen molar-refractivity contribution in [1.82, 2.24) is 10.3 Å². The van der Waals surface area contributed by atoms with E-state index in [9.17, 15) is 0 Å². The van der Waals surface area contributed by atoms with Crippen LogP contribution in [0.15, 0.2) is 18.3 Å². The van der Waals surface area contributed by atoms with Crippen LogP contribution in [-0.2, 0) is 27.4 Å². The van der Waals surface area contributed by atoms with Gasteiger partial charge in [-0.2, -0.15) is 0 Å². The van der Waals surface area contributed by atoms with Crippen molar-refractivity contribution < 1.29 is 14.2 Å². The predicted molar refractivity (Wildman–Crippen MR) is 83.2 cm³/mol. The minimum atomic E-state index is 0.532. The zero-order chi connectivity index (χ0) is 15.2. The summed E-state index contributed by atoms with van der Waals surface area (Å²) in [5, 5.41) is 3.35. The minimum absolute atomic E-state index is 0.532. The van der Waals surface area contributed by atoms with Crippen LogP contribution in [-0.4, -0.2) is 45.1 Å². The maximum absolute atomic E-state index is 5.53. The third-order valence-electron chi connectivity index (χ3n) is 2.90. The van der Waals surface area contributed by atoms with Crippen molar-refractivity contribution in [2.45, 2.75) is 32.9 Å². The van der Waals surface area contributed by atoms with Crippen molar-refractivity contribution in [2.24, 2.45) is 0 Å². The van der Waals surface area contributed by atoms with Crippen molar-refractivity contribution in [2.75, 3.05) is 40.1 Å². The van der Waals surface area contributed by atoms with E-state index in [1.165, 1.54) is 5.56 Å². The Labute approximate surface area is 128 Å². The number of ether oxygens (including phenoxy) is 3. The molecule has 1 heterocycles. The first kappa shape index (κ1) is 18.0. The second kappa shape index (κ2) is 12.7. The molecule has 0 saturated heterocycles. The molecule has 0 aliphatic rings. The molecule has 120 valence electrons. The highest BCUT2D eigenvalue weighted by Gasteiger charge is 1.97. The molecule has 1 N–H and O–H groups in total. The second-order valence-electron chi connectivity index (χ2n) is 4.85. The Morgan fingerprint density at radius 1 is 1.10 bits per heavy atom. The first-order valence-corrected chi connectivity index (χ1v) is 7.65. The largest absolute Gasteiger partial charge is 0.385 e. The maximum atomic E-state index is 5.53. The van der Waals surface area contributed by atoms with E-state index in [4.69, 9.17) is 14.2 Å². The van der Waals surface area contributed by atoms with Crippen LogP contribution in [0.2, 0.25) is 0 Å². The lowest BCUT2D eigenvalue weighted by atomic mass is 10.2. The number of methoxy groups -OCH3 is 1. The molecule has 0 amide bonds. The molecule has 0 bridgehead atoms. The van der Waals surface area contributed by atoms with Crippen molar-refractivity contribution in [1.29, 1.82) is 0 Å². The fourth-order valence-corrected chi connectivity index (χ4v) is 1.76. The molecule has 0 aromatic carbocycles. The van der Waals surface area contributed by atoms with E-state index in [0.29, 0.717) is 19.8 Å². The molecule has 21 heavy (non-hydrogen) atoms. The first-order chi connectivity index (χ1) is 10.4. The summed E-state index contributed by atoms with van der Waals surface area (Å²) in [6.45, 7) is 7.26. The van der Waals surface area contributed by atoms with Gasteiger partial charge in [0.25, 0.3) is 0 Å². The normalized spacial score (nSPS) is 11.0. The van der Waals surface area contributed by atoms with Crippen molar-refractivity contribution in [3.8, 4) is 0 Å². The van der Waals surface area contributed by atoms with E-state index in [1.54, 1.807) is 7.11 Å². The summed E-state index contributed by atoms with van der Waals surface area (Å²) >= 11 is 0. The van der Waals surface area contributed by atoms with Gasteiger partial charge in [-0.05, 0) is 31.0 Å². The quantitative estimate of drug-likeness (QED) is 0.565. The molecule has 5 heteroatoms. The molecular formula is C16H28N2O3. The number of hydrogen-bond donors (Lipinski definition) is 1. The molecule has 0 aliphatic carbocycles. The summed E-state index contributed by atoms with van der Waals surface area (Å²) in [7, 11) is 1.70. The minimum Gasteiger partial charge on any atom is -0.385 e. The maximum Gasteiger partial charge on any atom is 0.0889 e. The predicted octanol–water partition coefficient (Wildman–Crippen LogP) is 2.15. The summed E-state index contributed by atoms with van der Waals surface area (Å²) in [6, 6.07) is 4.11. The SMILES string of the molecule is CCCNCc1ccc(COCCOCCCOC)nc1. The van der Waals surface area contributed by atoms with E-state index >= 15 is 0 Å². The van der Waals surface area contributed by atoms with Gasteiger partial charge in [-0.3, -0.25) is 4.98 Å². The van der Waals surface area contributed by atoms with Crippen LogP contribution in [0.5, 0.6) is 0 Å². The lowest BCUT2D eigenvalue weighted by Gasteiger charge is -2.07. The zero-order valence-electron chi connectivity index (χ0n) is 13.3. The molecule has 1 aromatic heterocycles. The molecule has 1 aromatic rings. The number of hydrogen-bond acceptors (Lipinski definition) is 5. The average molecular weight is 296 g/mol. The highest BCUT2D eigenvalue weighted by molar-refractivity contribution is 5.13. The first-order valence-electron chi connectivity index (χ1n) is 7.65. The average Bonchev–Trinajstić information content (AvgIpc) is 2.52. The van der Waals surface area contributed by atoms with Gasteiger partial charge in [0.05, 0.1) is 25.5 Å². The lowest BCUT2D eigenvalue weighted by Crippen LogP contribution is -2.14. The van der Waals surface area contributed by atoms with Gasteiger partial charge in [0.2, 0.25) is 0 Å². The lowest BCUT2D eigenvalue weighted by molar-refractivity contribution is 0.0327. The highest BCUT2D eigenvalue weighted by Crippen LogP contribution is 2.02. The standard InChI is InChI=1S/C16H28N2O3/c1-3-7-17-12-15-5-6-16(18-13-15)14-21-11-10-20-9-4-8-19-2/h5-6,13,17H,3-4,7-12,14H2,1-2H3. The van der Waals surface area contributed by atoms with Gasteiger partial charge in [0, 0.05) is 33.1 Å². The fraction of sp³-hybridized carbons (Fsp3) is 0.688. The Balaban J connectivity index is 2.04. The topological polar surface area (TPSA) is 52.6 Å². The van der Waals surface area contributed by atoms with Crippen LogP contribution in [0.1, 0.15) is 31.0 Å². The van der Waals surface area contributed by atoms with E-state index in [0.717, 1.165) is 44.8 Å². The Hall–Kier alpha value is -1.01. The molecule has 0 fully saturated rings. The molecule has 1 rings (SSSR count). The molecule has 5 nitrogen and oxygen atoms in total. The Bertz CT molecular complexity index is 344.